The van der Waals surface area contributed by atoms with E-state index in [4.69, 9.17) is 14.2 Å². The van der Waals surface area contributed by atoms with Gasteiger partial charge < -0.3 is 14.2 Å². The topological polar surface area (TPSA) is 94.5 Å². The molecule has 0 saturated carbocycles. The molecule has 0 fully saturated rings. The van der Waals surface area contributed by atoms with Crippen LogP contribution in [0.4, 0.5) is 0 Å². The van der Waals surface area contributed by atoms with Crippen LogP contribution in [0.3, 0.4) is 0 Å². The molecule has 0 aliphatic carbocycles. The van der Waals surface area contributed by atoms with Crippen LogP contribution < -0.4 is 20.7 Å². The second-order valence-corrected chi connectivity index (χ2v) is 13.9. The molecule has 9 heteroatoms. The Labute approximate surface area is 280 Å². The molecule has 1 unspecified atom stereocenters. The molecule has 8 nitrogen and oxygen atoms in total. The molecule has 0 aliphatic rings. The van der Waals surface area contributed by atoms with Crippen molar-refractivity contribution >= 4 is 52.2 Å². The largest absolute Gasteiger partial charge is 0.497 e. The van der Waals surface area contributed by atoms with E-state index in [1.807, 2.05) is 91.0 Å². The summed E-state index contributed by atoms with van der Waals surface area (Å²) < 4.78 is 16.2. The number of hydrogen-bond acceptors (Lipinski definition) is 7. The first-order valence-corrected chi connectivity index (χ1v) is 16.9. The van der Waals surface area contributed by atoms with Crippen LogP contribution >= 0.6 is 6.89 Å². The second-order valence-electron chi connectivity index (χ2n) is 10.5. The predicted octanol–water partition coefficient (Wildman–Crippen LogP) is 5.05. The van der Waals surface area contributed by atoms with Crippen molar-refractivity contribution in [2.75, 3.05) is 21.3 Å². The lowest BCUT2D eigenvalue weighted by molar-refractivity contribution is -0.145. The van der Waals surface area contributed by atoms with Crippen molar-refractivity contribution in [3.63, 3.8) is 0 Å². The van der Waals surface area contributed by atoms with E-state index >= 15 is 0 Å². The van der Waals surface area contributed by atoms with Gasteiger partial charge in [-0.25, -0.2) is 14.6 Å². The van der Waals surface area contributed by atoms with Gasteiger partial charge in [-0.15, -0.1) is 0 Å². The normalized spacial score (nSPS) is 11.7. The van der Waals surface area contributed by atoms with Crippen LogP contribution in [0.2, 0.25) is 0 Å². The predicted molar refractivity (Wildman–Crippen MR) is 191 cm³/mol. The molecule has 0 heterocycles. The monoisotopic (exact) mass is 658 g/mol. The van der Waals surface area contributed by atoms with E-state index in [-0.39, 0.29) is 10.9 Å². The molecule has 5 rings (SSSR count). The summed E-state index contributed by atoms with van der Waals surface area (Å²) in [4.78, 5) is 43.3. The van der Waals surface area contributed by atoms with Crippen molar-refractivity contribution in [2.45, 2.75) is 6.04 Å². The SMILES string of the molecule is COC(=O)C(C(C(=O)OC)N(/N=C/c1ccc(OC)cc1)C(=O)c1ccccc1)=P(c1ccccc1)(c1ccccc1)c1ccccc1. The number of rotatable bonds is 11. The average Bonchev–Trinajstić information content (AvgIpc) is 3.16. The molecular weight excluding hydrogens is 623 g/mol. The molecule has 48 heavy (non-hydrogen) atoms. The van der Waals surface area contributed by atoms with Crippen molar-refractivity contribution in [3.8, 4) is 5.75 Å². The molecule has 0 spiro atoms. The van der Waals surface area contributed by atoms with Gasteiger partial charge in [-0.3, -0.25) is 4.79 Å². The van der Waals surface area contributed by atoms with Gasteiger partial charge in [0.15, 0.2) is 6.04 Å². The number of amides is 1. The van der Waals surface area contributed by atoms with Gasteiger partial charge in [0.1, 0.15) is 5.75 Å². The first kappa shape index (κ1) is 33.6. The lowest BCUT2D eigenvalue weighted by Gasteiger charge is -2.36. The van der Waals surface area contributed by atoms with Gasteiger partial charge in [-0.05, 0) is 64.8 Å². The zero-order valence-electron chi connectivity index (χ0n) is 26.8. The third-order valence-corrected chi connectivity index (χ3v) is 12.2. The fourth-order valence-electron chi connectivity index (χ4n) is 5.56. The van der Waals surface area contributed by atoms with Crippen molar-refractivity contribution in [1.29, 1.82) is 0 Å². The van der Waals surface area contributed by atoms with E-state index in [0.717, 1.165) is 20.9 Å². The Balaban J connectivity index is 1.95. The van der Waals surface area contributed by atoms with Gasteiger partial charge in [-0.1, -0.05) is 109 Å². The molecule has 1 atom stereocenters. The Kier molecular flexibility index (Phi) is 11.0. The fourth-order valence-corrected chi connectivity index (χ4v) is 10.1. The van der Waals surface area contributed by atoms with E-state index in [2.05, 4.69) is 5.10 Å². The van der Waals surface area contributed by atoms with Gasteiger partial charge in [0.05, 0.1) is 32.8 Å². The molecule has 0 N–H and O–H groups in total. The fraction of sp³-hybridized carbons (Fsp3) is 0.103. The van der Waals surface area contributed by atoms with Crippen molar-refractivity contribution < 1.29 is 28.6 Å². The third kappa shape index (κ3) is 6.85. The minimum absolute atomic E-state index is 0.0246. The highest BCUT2D eigenvalue weighted by atomic mass is 31.2. The Bertz CT molecular complexity index is 1830. The quantitative estimate of drug-likeness (QED) is 0.0854. The molecule has 0 bridgehead atoms. The van der Waals surface area contributed by atoms with Crippen LogP contribution in [-0.4, -0.2) is 61.7 Å². The Morgan fingerprint density at radius 3 is 1.50 bits per heavy atom. The minimum atomic E-state index is -3.29. The summed E-state index contributed by atoms with van der Waals surface area (Å²) in [6.45, 7) is -3.29. The maximum absolute atomic E-state index is 14.5. The van der Waals surface area contributed by atoms with Crippen LogP contribution in [0.1, 0.15) is 15.9 Å². The second kappa shape index (κ2) is 15.7. The maximum Gasteiger partial charge on any atom is 0.337 e. The Morgan fingerprint density at radius 2 is 1.08 bits per heavy atom. The van der Waals surface area contributed by atoms with Gasteiger partial charge in [0.2, 0.25) is 0 Å². The van der Waals surface area contributed by atoms with E-state index in [1.165, 1.54) is 20.4 Å². The van der Waals surface area contributed by atoms with Gasteiger partial charge in [-0.2, -0.15) is 5.10 Å². The number of carbonyl (C=O) groups is 3. The van der Waals surface area contributed by atoms with Crippen molar-refractivity contribution in [1.82, 2.24) is 5.01 Å². The number of nitrogens with zero attached hydrogens (tertiary/aromatic N) is 2. The molecule has 0 aliphatic heterocycles. The zero-order chi connectivity index (χ0) is 33.9. The number of hydrogen-bond donors (Lipinski definition) is 0. The summed E-state index contributed by atoms with van der Waals surface area (Å²) in [7, 11) is 4.04. The number of methoxy groups -OCH3 is 3. The third-order valence-electron chi connectivity index (χ3n) is 7.79. The number of benzene rings is 5. The average molecular weight is 659 g/mol. The summed E-state index contributed by atoms with van der Waals surface area (Å²) in [5, 5.41) is 7.99. The first-order valence-electron chi connectivity index (χ1n) is 15.1. The summed E-state index contributed by atoms with van der Waals surface area (Å²) in [5.74, 6) is -1.62. The van der Waals surface area contributed by atoms with Crippen LogP contribution in [0.15, 0.2) is 151 Å². The molecule has 0 aromatic heterocycles. The van der Waals surface area contributed by atoms with Crippen molar-refractivity contribution in [3.05, 3.63) is 157 Å². The van der Waals surface area contributed by atoms with Crippen LogP contribution in [0, 0.1) is 0 Å². The van der Waals surface area contributed by atoms with E-state index in [0.29, 0.717) is 11.3 Å². The molecule has 5 aromatic carbocycles. The van der Waals surface area contributed by atoms with E-state index < -0.39 is 30.8 Å². The minimum Gasteiger partial charge on any atom is -0.497 e. The van der Waals surface area contributed by atoms with Gasteiger partial charge >= 0.3 is 11.9 Å². The highest BCUT2D eigenvalue weighted by molar-refractivity contribution is 7.96. The summed E-state index contributed by atoms with van der Waals surface area (Å²) in [5.41, 5.74) is 0.880. The molecule has 5 aromatic rings. The van der Waals surface area contributed by atoms with Crippen LogP contribution in [0.25, 0.3) is 0 Å². The first-order chi connectivity index (χ1) is 23.4. The van der Waals surface area contributed by atoms with Crippen LogP contribution in [-0.2, 0) is 19.1 Å². The highest BCUT2D eigenvalue weighted by Crippen LogP contribution is 2.48. The summed E-state index contributed by atoms with van der Waals surface area (Å²) in [6, 6.07) is 42.3. The lowest BCUT2D eigenvalue weighted by Crippen LogP contribution is -2.53. The smallest absolute Gasteiger partial charge is 0.337 e. The summed E-state index contributed by atoms with van der Waals surface area (Å²) >= 11 is 0. The maximum atomic E-state index is 14.5. The number of ether oxygens (including phenoxy) is 3. The van der Waals surface area contributed by atoms with Gasteiger partial charge in [0.25, 0.3) is 5.91 Å². The highest BCUT2D eigenvalue weighted by Gasteiger charge is 2.46. The molecule has 242 valence electrons. The number of esters is 2. The number of carbonyl (C=O) groups excluding carboxylic acids is 3. The van der Waals surface area contributed by atoms with E-state index in [1.54, 1.807) is 61.7 Å². The Morgan fingerprint density at radius 1 is 0.625 bits per heavy atom. The standard InChI is InChI=1S/C39H35N2O6P/c1-45-31-26-24-29(25-27-31)28-40-41(37(42)30-16-8-4-9-17-30)35(38(43)46-2)36(39(44)47-3)48(32-18-10-5-11-19-32,33-20-12-6-13-21-33)34-22-14-7-15-23-34/h4-28,35H,1-3H3/b40-28+. The van der Waals surface area contributed by atoms with Crippen LogP contribution in [0.5, 0.6) is 5.75 Å². The molecular formula is C39H35N2O6P. The van der Waals surface area contributed by atoms with Gasteiger partial charge in [0, 0.05) is 5.56 Å². The lowest BCUT2D eigenvalue weighted by atomic mass is 10.1. The van der Waals surface area contributed by atoms with Crippen molar-refractivity contribution in [2.24, 2.45) is 5.10 Å². The molecule has 1 amide bonds. The zero-order valence-corrected chi connectivity index (χ0v) is 27.7. The molecule has 0 radical (unpaired) electrons. The Hall–Kier alpha value is -5.72. The summed E-state index contributed by atoms with van der Waals surface area (Å²) in [6.07, 6.45) is 1.46. The van der Waals surface area contributed by atoms with E-state index in [9.17, 15) is 14.4 Å². The molecule has 0 saturated heterocycles. The number of hydrazone groups is 1.